The Morgan fingerprint density at radius 3 is 2.73 bits per heavy atom. The van der Waals surface area contributed by atoms with Gasteiger partial charge in [0, 0.05) is 25.7 Å². The Balaban J connectivity index is 1.99. The molecule has 0 aliphatic carbocycles. The number of amides is 1. The number of aromatic nitrogens is 2. The molecule has 1 aromatic heterocycles. The van der Waals surface area contributed by atoms with Gasteiger partial charge in [0.25, 0.3) is 0 Å². The monoisotopic (exact) mass is 360 g/mol. The fourth-order valence-corrected chi connectivity index (χ4v) is 2.79. The van der Waals surface area contributed by atoms with Crippen LogP contribution in [0, 0.1) is 0 Å². The second kappa shape index (κ2) is 7.73. The van der Waals surface area contributed by atoms with Crippen molar-refractivity contribution in [2.45, 2.75) is 6.61 Å². The summed E-state index contributed by atoms with van der Waals surface area (Å²) in [5.74, 6) is 0.338. The molecule has 0 fully saturated rings. The number of benzene rings is 1. The Morgan fingerprint density at radius 2 is 2.09 bits per heavy atom. The van der Waals surface area contributed by atoms with E-state index in [9.17, 15) is 4.79 Å². The van der Waals surface area contributed by atoms with Gasteiger partial charge in [-0.3, -0.25) is 4.79 Å². The molecule has 0 aliphatic heterocycles. The van der Waals surface area contributed by atoms with Crippen LogP contribution in [0.25, 0.3) is 0 Å². The summed E-state index contributed by atoms with van der Waals surface area (Å²) in [6.45, 7) is 0.439. The SMILES string of the molecule is COCc1nsc(N(C)CC(=O)Nc2c(Cl)cccc2Cl)n1. The topological polar surface area (TPSA) is 67.3 Å². The zero-order valence-corrected chi connectivity index (χ0v) is 14.3. The molecule has 0 saturated heterocycles. The summed E-state index contributed by atoms with van der Waals surface area (Å²) in [5, 5.41) is 4.11. The number of likely N-dealkylation sites (N-methyl/N-ethyl adjacent to an activating group) is 1. The van der Waals surface area contributed by atoms with Crippen LogP contribution >= 0.6 is 34.7 Å². The molecule has 0 spiro atoms. The quantitative estimate of drug-likeness (QED) is 0.857. The Kier molecular flexibility index (Phi) is 5.96. The van der Waals surface area contributed by atoms with Gasteiger partial charge in [0.2, 0.25) is 11.0 Å². The fraction of sp³-hybridized carbons (Fsp3) is 0.308. The van der Waals surface area contributed by atoms with Crippen molar-refractivity contribution in [3.63, 3.8) is 0 Å². The first-order chi connectivity index (χ1) is 10.5. The van der Waals surface area contributed by atoms with Crippen molar-refractivity contribution in [3.05, 3.63) is 34.1 Å². The summed E-state index contributed by atoms with van der Waals surface area (Å²) in [7, 11) is 3.33. The Hall–Kier alpha value is -1.41. The second-order valence-electron chi connectivity index (χ2n) is 4.43. The number of hydrogen-bond acceptors (Lipinski definition) is 6. The molecule has 22 heavy (non-hydrogen) atoms. The molecule has 1 N–H and O–H groups in total. The number of rotatable bonds is 6. The van der Waals surface area contributed by atoms with E-state index in [0.29, 0.717) is 33.3 Å². The number of nitrogens with one attached hydrogen (secondary N) is 1. The number of hydrogen-bond donors (Lipinski definition) is 1. The molecular formula is C13H14Cl2N4O2S. The summed E-state index contributed by atoms with van der Waals surface area (Å²) < 4.78 is 9.10. The lowest BCUT2D eigenvalue weighted by molar-refractivity contribution is -0.114. The van der Waals surface area contributed by atoms with E-state index in [0.717, 1.165) is 0 Å². The lowest BCUT2D eigenvalue weighted by Gasteiger charge is -2.15. The van der Waals surface area contributed by atoms with E-state index < -0.39 is 0 Å². The molecule has 9 heteroatoms. The van der Waals surface area contributed by atoms with Gasteiger partial charge in [-0.25, -0.2) is 4.98 Å². The number of carbonyl (C=O) groups is 1. The molecular weight excluding hydrogens is 347 g/mol. The van der Waals surface area contributed by atoms with E-state index in [1.54, 1.807) is 37.3 Å². The highest BCUT2D eigenvalue weighted by atomic mass is 35.5. The highest BCUT2D eigenvalue weighted by Gasteiger charge is 2.14. The number of anilines is 2. The number of para-hydroxylation sites is 1. The number of ether oxygens (including phenoxy) is 1. The largest absolute Gasteiger partial charge is 0.377 e. The smallest absolute Gasteiger partial charge is 0.244 e. The van der Waals surface area contributed by atoms with Gasteiger partial charge in [0.05, 0.1) is 22.3 Å². The standard InChI is InChI=1S/C13H14Cl2N4O2S/c1-19(13-16-10(7-21-2)18-22-13)6-11(20)17-12-8(14)4-3-5-9(12)15/h3-5H,6-7H2,1-2H3,(H,17,20). The first-order valence-electron chi connectivity index (χ1n) is 6.27. The van der Waals surface area contributed by atoms with Gasteiger partial charge in [0.1, 0.15) is 6.61 Å². The van der Waals surface area contributed by atoms with Crippen LogP contribution in [0.5, 0.6) is 0 Å². The Labute approximate surface area is 142 Å². The normalized spacial score (nSPS) is 10.5. The second-order valence-corrected chi connectivity index (χ2v) is 5.97. The van der Waals surface area contributed by atoms with Gasteiger partial charge < -0.3 is 15.0 Å². The zero-order valence-electron chi connectivity index (χ0n) is 12.0. The molecule has 0 radical (unpaired) electrons. The highest BCUT2D eigenvalue weighted by molar-refractivity contribution is 7.09. The first kappa shape index (κ1) is 17.0. The van der Waals surface area contributed by atoms with Gasteiger partial charge in [-0.05, 0) is 12.1 Å². The lowest BCUT2D eigenvalue weighted by Crippen LogP contribution is -2.30. The van der Waals surface area contributed by atoms with E-state index in [4.69, 9.17) is 27.9 Å². The predicted octanol–water partition coefficient (Wildman–Crippen LogP) is 3.07. The van der Waals surface area contributed by atoms with Crippen LogP contribution in [0.15, 0.2) is 18.2 Å². The van der Waals surface area contributed by atoms with Crippen LogP contribution in [0.2, 0.25) is 10.0 Å². The number of nitrogens with zero attached hydrogens (tertiary/aromatic N) is 3. The third-order valence-corrected chi connectivity index (χ3v) is 4.16. The van der Waals surface area contributed by atoms with Gasteiger partial charge in [-0.15, -0.1) is 0 Å². The maximum atomic E-state index is 12.1. The lowest BCUT2D eigenvalue weighted by atomic mass is 10.3. The maximum absolute atomic E-state index is 12.1. The van der Waals surface area contributed by atoms with Gasteiger partial charge in [-0.2, -0.15) is 4.37 Å². The van der Waals surface area contributed by atoms with Crippen molar-refractivity contribution in [2.24, 2.45) is 0 Å². The molecule has 1 amide bonds. The summed E-state index contributed by atoms with van der Waals surface area (Å²) in [6, 6.07) is 5.04. The summed E-state index contributed by atoms with van der Waals surface area (Å²) in [5.41, 5.74) is 0.404. The third kappa shape index (κ3) is 4.30. The number of methoxy groups -OCH3 is 1. The van der Waals surface area contributed by atoms with Crippen molar-refractivity contribution in [1.29, 1.82) is 0 Å². The average Bonchev–Trinajstić information content (AvgIpc) is 2.92. The van der Waals surface area contributed by atoms with Gasteiger partial charge in [0.15, 0.2) is 5.82 Å². The number of carbonyl (C=O) groups excluding carboxylic acids is 1. The summed E-state index contributed by atoms with van der Waals surface area (Å²) >= 11 is 13.2. The molecule has 0 saturated carbocycles. The summed E-state index contributed by atoms with van der Waals surface area (Å²) in [4.78, 5) is 18.1. The predicted molar refractivity (Wildman–Crippen MR) is 89.0 cm³/mol. The zero-order chi connectivity index (χ0) is 16.1. The number of halogens is 2. The molecule has 6 nitrogen and oxygen atoms in total. The van der Waals surface area contributed by atoms with Crippen molar-refractivity contribution >= 4 is 51.5 Å². The first-order valence-corrected chi connectivity index (χ1v) is 7.80. The molecule has 0 aliphatic rings. The van der Waals surface area contributed by atoms with Gasteiger partial charge >= 0.3 is 0 Å². The van der Waals surface area contributed by atoms with Crippen LogP contribution in [0.1, 0.15) is 5.82 Å². The van der Waals surface area contributed by atoms with E-state index in [-0.39, 0.29) is 12.5 Å². The molecule has 2 rings (SSSR count). The van der Waals surface area contributed by atoms with E-state index >= 15 is 0 Å². The average molecular weight is 361 g/mol. The Morgan fingerprint density at radius 1 is 1.41 bits per heavy atom. The minimum Gasteiger partial charge on any atom is -0.377 e. The summed E-state index contributed by atoms with van der Waals surface area (Å²) in [6.07, 6.45) is 0. The molecule has 2 aromatic rings. The molecule has 1 aromatic carbocycles. The third-order valence-electron chi connectivity index (χ3n) is 2.67. The maximum Gasteiger partial charge on any atom is 0.244 e. The fourth-order valence-electron chi connectivity index (χ4n) is 1.67. The molecule has 0 atom stereocenters. The van der Waals surface area contributed by atoms with E-state index in [1.807, 2.05) is 0 Å². The van der Waals surface area contributed by atoms with Gasteiger partial charge in [-0.1, -0.05) is 29.3 Å². The minimum atomic E-state index is -0.249. The minimum absolute atomic E-state index is 0.100. The van der Waals surface area contributed by atoms with Crippen LogP contribution in [0.3, 0.4) is 0 Å². The molecule has 0 unspecified atom stereocenters. The van der Waals surface area contributed by atoms with E-state index in [1.165, 1.54) is 11.5 Å². The van der Waals surface area contributed by atoms with Crippen LogP contribution in [-0.4, -0.2) is 36.0 Å². The van der Waals surface area contributed by atoms with Crippen molar-refractivity contribution < 1.29 is 9.53 Å². The molecule has 0 bridgehead atoms. The Bertz CT molecular complexity index is 645. The van der Waals surface area contributed by atoms with Crippen molar-refractivity contribution in [1.82, 2.24) is 9.36 Å². The van der Waals surface area contributed by atoms with Crippen molar-refractivity contribution in [2.75, 3.05) is 30.9 Å². The van der Waals surface area contributed by atoms with E-state index in [2.05, 4.69) is 14.7 Å². The van der Waals surface area contributed by atoms with Crippen LogP contribution < -0.4 is 10.2 Å². The molecule has 1 heterocycles. The van der Waals surface area contributed by atoms with Crippen LogP contribution in [0.4, 0.5) is 10.8 Å². The van der Waals surface area contributed by atoms with Crippen molar-refractivity contribution in [3.8, 4) is 0 Å². The highest BCUT2D eigenvalue weighted by Crippen LogP contribution is 2.29. The molecule has 118 valence electrons. The van der Waals surface area contributed by atoms with Crippen LogP contribution in [-0.2, 0) is 16.1 Å².